The Kier molecular flexibility index (Phi) is 10.9. The van der Waals surface area contributed by atoms with E-state index in [1.165, 1.54) is 6.07 Å². The highest BCUT2D eigenvalue weighted by molar-refractivity contribution is 14.0. The number of nitrogens with one attached hydrogen (secondary N) is 2. The second-order valence-corrected chi connectivity index (χ2v) is 5.56. The maximum Gasteiger partial charge on any atom is 0.191 e. The van der Waals surface area contributed by atoms with E-state index in [4.69, 9.17) is 10.00 Å². The lowest BCUT2D eigenvalue weighted by Gasteiger charge is -2.12. The van der Waals surface area contributed by atoms with Crippen LogP contribution in [0.25, 0.3) is 0 Å². The molecule has 0 amide bonds. The molecule has 0 saturated carbocycles. The zero-order chi connectivity index (χ0) is 18.6. The van der Waals surface area contributed by atoms with Gasteiger partial charge in [0.05, 0.1) is 24.8 Å². The van der Waals surface area contributed by atoms with E-state index < -0.39 is 5.82 Å². The molecule has 0 aliphatic carbocycles. The Morgan fingerprint density at radius 2 is 1.96 bits per heavy atom. The van der Waals surface area contributed by atoms with Crippen LogP contribution in [0.2, 0.25) is 0 Å². The summed E-state index contributed by atoms with van der Waals surface area (Å²) in [6, 6.07) is 16.0. The van der Waals surface area contributed by atoms with Crippen LogP contribution < -0.4 is 15.4 Å². The summed E-state index contributed by atoms with van der Waals surface area (Å²) >= 11 is 0. The fourth-order valence-corrected chi connectivity index (χ4v) is 2.24. The summed E-state index contributed by atoms with van der Waals surface area (Å²) in [5.41, 5.74) is 0.757. The van der Waals surface area contributed by atoms with Crippen LogP contribution in [0.5, 0.6) is 5.75 Å². The summed E-state index contributed by atoms with van der Waals surface area (Å²) in [7, 11) is 0. The standard InChI is InChI=1S/C20H23FN4O.HI/c1-2-23-20(24-11-6-12-26-18-7-4-3-5-8-18)25-15-17-10-9-16(14-22)13-19(17)21;/h3-5,7-10,13H,2,6,11-12,15H2,1H3,(H2,23,24,25);1H. The van der Waals surface area contributed by atoms with Crippen molar-refractivity contribution in [2.75, 3.05) is 19.7 Å². The average molecular weight is 482 g/mol. The molecule has 0 heterocycles. The van der Waals surface area contributed by atoms with Gasteiger partial charge in [-0.1, -0.05) is 24.3 Å². The quantitative estimate of drug-likeness (QED) is 0.260. The summed E-state index contributed by atoms with van der Waals surface area (Å²) in [5, 5.41) is 15.1. The number of benzene rings is 2. The maximum atomic E-state index is 13.9. The Balaban J connectivity index is 0.00000364. The number of hydrogen-bond acceptors (Lipinski definition) is 3. The molecule has 0 radical (unpaired) electrons. The van der Waals surface area contributed by atoms with Crippen molar-refractivity contribution < 1.29 is 9.13 Å². The minimum atomic E-state index is -0.417. The van der Waals surface area contributed by atoms with Crippen LogP contribution in [0.3, 0.4) is 0 Å². The predicted octanol–water partition coefficient (Wildman–Crippen LogP) is 3.84. The van der Waals surface area contributed by atoms with Crippen LogP contribution in [-0.4, -0.2) is 25.7 Å². The van der Waals surface area contributed by atoms with Gasteiger partial charge in [-0.25, -0.2) is 9.38 Å². The van der Waals surface area contributed by atoms with Crippen molar-refractivity contribution in [1.82, 2.24) is 10.6 Å². The number of para-hydroxylation sites is 1. The van der Waals surface area contributed by atoms with E-state index in [2.05, 4.69) is 15.6 Å². The first-order chi connectivity index (χ1) is 12.7. The highest BCUT2D eigenvalue weighted by Gasteiger charge is 2.04. The molecule has 2 N–H and O–H groups in total. The molecule has 2 aromatic carbocycles. The molecule has 0 atom stereocenters. The van der Waals surface area contributed by atoms with Crippen LogP contribution in [0, 0.1) is 17.1 Å². The SMILES string of the molecule is CCNC(=NCc1ccc(C#N)cc1F)NCCCOc1ccccc1.I. The van der Waals surface area contributed by atoms with Gasteiger partial charge in [-0.3, -0.25) is 0 Å². The first kappa shape index (κ1) is 22.7. The van der Waals surface area contributed by atoms with E-state index in [0.29, 0.717) is 36.8 Å². The van der Waals surface area contributed by atoms with Gasteiger partial charge in [-0.05, 0) is 37.6 Å². The number of guanidine groups is 1. The Bertz CT molecular complexity index is 762. The Labute approximate surface area is 176 Å². The van der Waals surface area contributed by atoms with Gasteiger partial charge < -0.3 is 15.4 Å². The third-order valence-corrected chi connectivity index (χ3v) is 3.56. The normalized spacial score (nSPS) is 10.5. The van der Waals surface area contributed by atoms with Gasteiger partial charge in [0, 0.05) is 18.7 Å². The van der Waals surface area contributed by atoms with E-state index in [1.54, 1.807) is 12.1 Å². The number of halogens is 2. The number of aliphatic imine (C=N–C) groups is 1. The lowest BCUT2D eigenvalue weighted by atomic mass is 10.1. The molecule has 0 aliphatic rings. The molecule has 0 saturated heterocycles. The summed E-state index contributed by atoms with van der Waals surface area (Å²) in [5.74, 6) is 1.06. The van der Waals surface area contributed by atoms with Crippen LogP contribution in [0.4, 0.5) is 4.39 Å². The lowest BCUT2D eigenvalue weighted by Crippen LogP contribution is -2.38. The van der Waals surface area contributed by atoms with Crippen molar-refractivity contribution in [3.05, 3.63) is 65.5 Å². The summed E-state index contributed by atoms with van der Waals surface area (Å²) in [6.07, 6.45) is 0.810. The molecule has 0 spiro atoms. The molecular formula is C20H24FIN4O. The van der Waals surface area contributed by atoms with Crippen molar-refractivity contribution in [2.45, 2.75) is 19.9 Å². The lowest BCUT2D eigenvalue weighted by molar-refractivity contribution is 0.311. The summed E-state index contributed by atoms with van der Waals surface area (Å²) < 4.78 is 19.5. The molecule has 0 aromatic heterocycles. The minimum Gasteiger partial charge on any atom is -0.494 e. The molecule has 0 bridgehead atoms. The van der Waals surface area contributed by atoms with Gasteiger partial charge in [0.25, 0.3) is 0 Å². The molecule has 27 heavy (non-hydrogen) atoms. The van der Waals surface area contributed by atoms with Gasteiger partial charge in [-0.2, -0.15) is 5.26 Å². The number of rotatable bonds is 8. The minimum absolute atomic E-state index is 0. The molecule has 5 nitrogen and oxygen atoms in total. The largest absolute Gasteiger partial charge is 0.494 e. The first-order valence-electron chi connectivity index (χ1n) is 8.61. The van der Waals surface area contributed by atoms with Gasteiger partial charge in [-0.15, -0.1) is 24.0 Å². The monoisotopic (exact) mass is 482 g/mol. The molecule has 0 unspecified atom stereocenters. The van der Waals surface area contributed by atoms with E-state index in [1.807, 2.05) is 43.3 Å². The molecule has 2 aromatic rings. The fourth-order valence-electron chi connectivity index (χ4n) is 2.24. The summed E-state index contributed by atoms with van der Waals surface area (Å²) in [6.45, 7) is 4.17. The third-order valence-electron chi connectivity index (χ3n) is 3.56. The van der Waals surface area contributed by atoms with E-state index in [0.717, 1.165) is 12.2 Å². The van der Waals surface area contributed by atoms with Crippen molar-refractivity contribution >= 4 is 29.9 Å². The second kappa shape index (κ2) is 12.9. The zero-order valence-corrected chi connectivity index (χ0v) is 17.6. The third kappa shape index (κ3) is 8.26. The van der Waals surface area contributed by atoms with E-state index >= 15 is 0 Å². The first-order valence-corrected chi connectivity index (χ1v) is 8.61. The Morgan fingerprint density at radius 3 is 2.63 bits per heavy atom. The molecule has 0 fully saturated rings. The highest BCUT2D eigenvalue weighted by Crippen LogP contribution is 2.11. The van der Waals surface area contributed by atoms with Gasteiger partial charge >= 0.3 is 0 Å². The van der Waals surface area contributed by atoms with Crippen molar-refractivity contribution in [3.8, 4) is 11.8 Å². The number of nitriles is 1. The predicted molar refractivity (Wildman–Crippen MR) is 116 cm³/mol. The molecule has 2 rings (SSSR count). The van der Waals surface area contributed by atoms with Gasteiger partial charge in [0.15, 0.2) is 5.96 Å². The van der Waals surface area contributed by atoms with Gasteiger partial charge in [0.2, 0.25) is 0 Å². The molecule has 7 heteroatoms. The van der Waals surface area contributed by atoms with Gasteiger partial charge in [0.1, 0.15) is 11.6 Å². The maximum absolute atomic E-state index is 13.9. The smallest absolute Gasteiger partial charge is 0.191 e. The Morgan fingerprint density at radius 1 is 1.19 bits per heavy atom. The van der Waals surface area contributed by atoms with Crippen LogP contribution in [-0.2, 0) is 6.54 Å². The molecule has 0 aliphatic heterocycles. The van der Waals surface area contributed by atoms with Crippen LogP contribution >= 0.6 is 24.0 Å². The van der Waals surface area contributed by atoms with E-state index in [-0.39, 0.29) is 30.5 Å². The molecular weight excluding hydrogens is 458 g/mol. The van der Waals surface area contributed by atoms with Crippen molar-refractivity contribution in [3.63, 3.8) is 0 Å². The summed E-state index contributed by atoms with van der Waals surface area (Å²) in [4.78, 5) is 4.39. The number of hydrogen-bond donors (Lipinski definition) is 2. The van der Waals surface area contributed by atoms with E-state index in [9.17, 15) is 4.39 Å². The van der Waals surface area contributed by atoms with Crippen LogP contribution in [0.1, 0.15) is 24.5 Å². The Hall–Kier alpha value is -2.34. The van der Waals surface area contributed by atoms with Crippen molar-refractivity contribution in [2.24, 2.45) is 4.99 Å². The zero-order valence-electron chi connectivity index (χ0n) is 15.2. The average Bonchev–Trinajstić information content (AvgIpc) is 2.67. The topological polar surface area (TPSA) is 69.4 Å². The fraction of sp³-hybridized carbons (Fsp3) is 0.300. The van der Waals surface area contributed by atoms with Crippen molar-refractivity contribution in [1.29, 1.82) is 5.26 Å². The highest BCUT2D eigenvalue weighted by atomic mass is 127. The second-order valence-electron chi connectivity index (χ2n) is 5.56. The molecule has 144 valence electrons. The van der Waals surface area contributed by atoms with Crippen LogP contribution in [0.15, 0.2) is 53.5 Å². The number of nitrogens with zero attached hydrogens (tertiary/aromatic N) is 2. The number of ether oxygens (including phenoxy) is 1.